The summed E-state index contributed by atoms with van der Waals surface area (Å²) in [5.41, 5.74) is 4.68. The molecule has 1 heterocycles. The van der Waals surface area contributed by atoms with Crippen molar-refractivity contribution in [3.8, 4) is 5.75 Å². The summed E-state index contributed by atoms with van der Waals surface area (Å²) in [4.78, 5) is 17.8. The molecule has 39 heavy (non-hydrogen) atoms. The lowest BCUT2D eigenvalue weighted by atomic mass is 9.92. The third kappa shape index (κ3) is 8.68. The minimum absolute atomic E-state index is 0. The van der Waals surface area contributed by atoms with Gasteiger partial charge in [-0.2, -0.15) is 0 Å². The highest BCUT2D eigenvalue weighted by Gasteiger charge is 2.26. The molecule has 1 aliphatic rings. The van der Waals surface area contributed by atoms with E-state index in [0.29, 0.717) is 23.3 Å². The van der Waals surface area contributed by atoms with Gasteiger partial charge in [0.2, 0.25) is 10.0 Å². The van der Waals surface area contributed by atoms with Crippen LogP contribution in [0.1, 0.15) is 47.9 Å². The number of carbonyl (C=O) groups excluding carboxylic acids is 1. The third-order valence-corrected chi connectivity index (χ3v) is 9.81. The maximum Gasteiger partial charge on any atom is 0.243 e. The second kappa shape index (κ2) is 14.5. The zero-order valence-electron chi connectivity index (χ0n) is 24.6. The molecule has 0 aromatic heterocycles. The van der Waals surface area contributed by atoms with Gasteiger partial charge in [0.25, 0.3) is 0 Å². The molecule has 9 heteroatoms. The topological polar surface area (TPSA) is 70.2 Å². The lowest BCUT2D eigenvalue weighted by molar-refractivity contribution is -0.118. The summed E-state index contributed by atoms with van der Waals surface area (Å²) >= 11 is 0. The summed E-state index contributed by atoms with van der Waals surface area (Å²) in [6.07, 6.45) is 4.18. The second-order valence-electron chi connectivity index (χ2n) is 11.0. The van der Waals surface area contributed by atoms with E-state index in [9.17, 15) is 13.2 Å². The Bertz CT molecular complexity index is 1200. The minimum atomic E-state index is -3.71. The van der Waals surface area contributed by atoms with Crippen LogP contribution in [0.5, 0.6) is 5.75 Å². The molecule has 0 aliphatic carbocycles. The van der Waals surface area contributed by atoms with Crippen molar-refractivity contribution in [1.29, 1.82) is 0 Å². The first-order valence-corrected chi connectivity index (χ1v) is 15.0. The maximum atomic E-state index is 13.2. The molecular weight excluding hydrogens is 534 g/mol. The van der Waals surface area contributed by atoms with Crippen LogP contribution < -0.4 is 9.64 Å². The number of rotatable bonds is 12. The number of ether oxygens (including phenoxy) is 1. The number of methoxy groups -OCH3 is 1. The number of Topliss-reactive ketones (excluding diaryl/α,β-unsaturated/α-hetero) is 1. The highest BCUT2D eigenvalue weighted by atomic mass is 35.5. The Balaban J connectivity index is 0.00000533. The van der Waals surface area contributed by atoms with Crippen molar-refractivity contribution in [3.05, 3.63) is 52.6 Å². The SMILES string of the molecule is COc1cc(C)c(S(=O)(=O)N(C)CCC(=O)Cc2ccc(N3CCC(CCN(C)C)CC3)c(C)c2)c(C)c1.Cl. The first-order valence-electron chi connectivity index (χ1n) is 13.5. The lowest BCUT2D eigenvalue weighted by Crippen LogP contribution is -2.35. The Labute approximate surface area is 242 Å². The summed E-state index contributed by atoms with van der Waals surface area (Å²) in [5.74, 6) is 1.46. The molecule has 7 nitrogen and oxygen atoms in total. The lowest BCUT2D eigenvalue weighted by Gasteiger charge is -2.35. The molecule has 0 unspecified atom stereocenters. The second-order valence-corrected chi connectivity index (χ2v) is 13.0. The molecule has 3 rings (SSSR count). The van der Waals surface area contributed by atoms with Crippen molar-refractivity contribution in [1.82, 2.24) is 9.21 Å². The number of halogens is 1. The largest absolute Gasteiger partial charge is 0.497 e. The summed E-state index contributed by atoms with van der Waals surface area (Å²) < 4.78 is 33.0. The summed E-state index contributed by atoms with van der Waals surface area (Å²) in [6.45, 7) is 9.08. The van der Waals surface area contributed by atoms with Gasteiger partial charge in [-0.25, -0.2) is 12.7 Å². The van der Waals surface area contributed by atoms with Crippen LogP contribution >= 0.6 is 12.4 Å². The molecule has 1 fully saturated rings. The van der Waals surface area contributed by atoms with E-state index in [1.807, 2.05) is 6.07 Å². The van der Waals surface area contributed by atoms with Crippen LogP contribution in [0.15, 0.2) is 35.2 Å². The molecule has 0 N–H and O–H groups in total. The number of hydrogen-bond donors (Lipinski definition) is 0. The van der Waals surface area contributed by atoms with Gasteiger partial charge in [0.15, 0.2) is 0 Å². The number of aryl methyl sites for hydroxylation is 3. The molecule has 0 atom stereocenters. The number of nitrogens with zero attached hydrogens (tertiary/aromatic N) is 3. The van der Waals surface area contributed by atoms with Gasteiger partial charge in [0.05, 0.1) is 12.0 Å². The fourth-order valence-corrected chi connectivity index (χ4v) is 6.97. The molecule has 1 aliphatic heterocycles. The van der Waals surface area contributed by atoms with Gasteiger partial charge in [-0.05, 0) is 107 Å². The van der Waals surface area contributed by atoms with E-state index in [2.05, 4.69) is 43.0 Å². The van der Waals surface area contributed by atoms with Gasteiger partial charge in [-0.3, -0.25) is 4.79 Å². The predicted octanol–water partition coefficient (Wildman–Crippen LogP) is 5.03. The first kappa shape index (κ1) is 33.1. The van der Waals surface area contributed by atoms with Gasteiger partial charge in [0.1, 0.15) is 11.5 Å². The Morgan fingerprint density at radius 3 is 2.13 bits per heavy atom. The molecule has 0 amide bonds. The van der Waals surface area contributed by atoms with Gasteiger partial charge in [-0.1, -0.05) is 12.1 Å². The summed E-state index contributed by atoms with van der Waals surface area (Å²) in [6, 6.07) is 9.74. The molecule has 2 aromatic carbocycles. The van der Waals surface area contributed by atoms with Gasteiger partial charge in [0, 0.05) is 45.2 Å². The smallest absolute Gasteiger partial charge is 0.243 e. The fourth-order valence-electron chi connectivity index (χ4n) is 5.40. The molecule has 0 saturated carbocycles. The van der Waals surface area contributed by atoms with E-state index in [1.165, 1.54) is 41.9 Å². The average Bonchev–Trinajstić information content (AvgIpc) is 2.85. The number of piperidine rings is 1. The molecule has 1 saturated heterocycles. The molecular formula is C30H46ClN3O4S. The van der Waals surface area contributed by atoms with Gasteiger partial charge in [-0.15, -0.1) is 12.4 Å². The monoisotopic (exact) mass is 579 g/mol. The van der Waals surface area contributed by atoms with Crippen molar-refractivity contribution in [2.24, 2.45) is 5.92 Å². The molecule has 0 bridgehead atoms. The first-order chi connectivity index (χ1) is 17.9. The van der Waals surface area contributed by atoms with E-state index >= 15 is 0 Å². The number of benzene rings is 2. The van der Waals surface area contributed by atoms with Crippen molar-refractivity contribution in [2.45, 2.75) is 57.8 Å². The Morgan fingerprint density at radius 2 is 1.59 bits per heavy atom. The Kier molecular flexibility index (Phi) is 12.3. The maximum absolute atomic E-state index is 13.2. The minimum Gasteiger partial charge on any atom is -0.497 e. The van der Waals surface area contributed by atoms with Crippen LogP contribution in [-0.4, -0.2) is 77.8 Å². The van der Waals surface area contributed by atoms with E-state index in [-0.39, 0.29) is 36.1 Å². The van der Waals surface area contributed by atoms with Crippen molar-refractivity contribution >= 4 is 33.9 Å². The van der Waals surface area contributed by atoms with E-state index in [1.54, 1.807) is 33.1 Å². The number of sulfonamides is 1. The van der Waals surface area contributed by atoms with Crippen LogP contribution in [0.4, 0.5) is 5.69 Å². The van der Waals surface area contributed by atoms with Crippen LogP contribution in [0.2, 0.25) is 0 Å². The third-order valence-electron chi connectivity index (χ3n) is 7.65. The van der Waals surface area contributed by atoms with Crippen molar-refractivity contribution < 1.29 is 17.9 Å². The highest BCUT2D eigenvalue weighted by molar-refractivity contribution is 7.89. The number of hydrogen-bond acceptors (Lipinski definition) is 6. The Hall–Kier alpha value is -2.13. The average molecular weight is 580 g/mol. The zero-order valence-corrected chi connectivity index (χ0v) is 26.3. The van der Waals surface area contributed by atoms with E-state index < -0.39 is 10.0 Å². The summed E-state index contributed by atoms with van der Waals surface area (Å²) in [7, 11) is 3.65. The number of carbonyl (C=O) groups is 1. The summed E-state index contributed by atoms with van der Waals surface area (Å²) in [5, 5.41) is 0. The van der Waals surface area contributed by atoms with Gasteiger partial charge < -0.3 is 14.5 Å². The van der Waals surface area contributed by atoms with Crippen molar-refractivity contribution in [3.63, 3.8) is 0 Å². The van der Waals surface area contributed by atoms with Crippen LogP contribution in [-0.2, 0) is 21.2 Å². The van der Waals surface area contributed by atoms with E-state index in [4.69, 9.17) is 4.74 Å². The molecule has 0 spiro atoms. The van der Waals surface area contributed by atoms with Crippen molar-refractivity contribution in [2.75, 3.05) is 59.3 Å². The van der Waals surface area contributed by atoms with Gasteiger partial charge >= 0.3 is 0 Å². The van der Waals surface area contributed by atoms with E-state index in [0.717, 1.165) is 31.1 Å². The highest BCUT2D eigenvalue weighted by Crippen LogP contribution is 2.29. The molecule has 2 aromatic rings. The standard InChI is InChI=1S/C30H45N3O4S.ClH/c1-22-18-26(8-9-29(22)33-16-11-25(12-17-33)10-14-31(4)5)21-27(34)13-15-32(6)38(35,36)30-23(2)19-28(37-7)20-24(30)3;/h8-9,18-20,25H,10-17,21H2,1-7H3;1H. The normalized spacial score (nSPS) is 14.5. The Morgan fingerprint density at radius 1 is 0.974 bits per heavy atom. The van der Waals surface area contributed by atoms with Crippen LogP contribution in [0.25, 0.3) is 0 Å². The number of ketones is 1. The molecule has 218 valence electrons. The molecule has 0 radical (unpaired) electrons. The van der Waals surface area contributed by atoms with Crippen LogP contribution in [0.3, 0.4) is 0 Å². The fraction of sp³-hybridized carbons (Fsp3) is 0.567. The number of anilines is 1. The van der Waals surface area contributed by atoms with Crippen LogP contribution in [0, 0.1) is 26.7 Å². The zero-order chi connectivity index (χ0) is 28.0. The predicted molar refractivity (Wildman–Crippen MR) is 162 cm³/mol. The quantitative estimate of drug-likeness (QED) is 0.351.